The third kappa shape index (κ3) is 4.61. The van der Waals surface area contributed by atoms with E-state index in [0.29, 0.717) is 34.8 Å². The molecule has 0 saturated heterocycles. The summed E-state index contributed by atoms with van der Waals surface area (Å²) in [7, 11) is 1.60. The topological polar surface area (TPSA) is 90.3 Å². The van der Waals surface area contributed by atoms with Gasteiger partial charge in [-0.3, -0.25) is 4.79 Å². The molecule has 1 aliphatic rings. The third-order valence-electron chi connectivity index (χ3n) is 5.55. The molecule has 0 fully saturated rings. The van der Waals surface area contributed by atoms with Gasteiger partial charge in [0.2, 0.25) is 11.1 Å². The molecule has 0 saturated carbocycles. The molecule has 2 N–H and O–H groups in total. The number of fused-ring (bicyclic) bond motifs is 1. The summed E-state index contributed by atoms with van der Waals surface area (Å²) in [6.45, 7) is 8.36. The van der Waals surface area contributed by atoms with Crippen molar-refractivity contribution in [2.45, 2.75) is 38.9 Å². The molecule has 1 aliphatic heterocycles. The number of nitrogens with zero attached hydrogens (tertiary/aromatic N) is 3. The van der Waals surface area contributed by atoms with Gasteiger partial charge in [0.25, 0.3) is 5.91 Å². The van der Waals surface area contributed by atoms with Gasteiger partial charge in [0.1, 0.15) is 6.04 Å². The zero-order valence-electron chi connectivity index (χ0n) is 20.0. The average Bonchev–Trinajstić information content (AvgIpc) is 3.22. The van der Waals surface area contributed by atoms with Crippen LogP contribution in [0.4, 0.5) is 11.6 Å². The van der Waals surface area contributed by atoms with Gasteiger partial charge in [-0.05, 0) is 55.9 Å². The molecule has 1 atom stereocenters. The van der Waals surface area contributed by atoms with Gasteiger partial charge in [0.05, 0.1) is 19.3 Å². The first-order valence-electron chi connectivity index (χ1n) is 11.2. The minimum Gasteiger partial charge on any atom is -0.493 e. The number of amides is 1. The minimum atomic E-state index is -0.497. The van der Waals surface area contributed by atoms with Gasteiger partial charge in [0, 0.05) is 11.4 Å². The summed E-state index contributed by atoms with van der Waals surface area (Å²) in [6, 6.07) is 12.9. The van der Waals surface area contributed by atoms with E-state index in [9.17, 15) is 4.79 Å². The Kier molecular flexibility index (Phi) is 7.12. The van der Waals surface area contributed by atoms with Crippen LogP contribution in [0.2, 0.25) is 0 Å². The number of hydrogen-bond donors (Lipinski definition) is 2. The molecular formula is C25H29N5O3S. The van der Waals surface area contributed by atoms with Crippen molar-refractivity contribution in [3.8, 4) is 11.5 Å². The Morgan fingerprint density at radius 2 is 1.97 bits per heavy atom. The Labute approximate surface area is 203 Å². The SMILES string of the molecule is CCOc1ccc(C2C(C(=O)Nc3ccccc3C)=C(C)Nc3nc(SCC)nn32)cc1OC. The number of hydrogen-bond acceptors (Lipinski definition) is 7. The van der Waals surface area contributed by atoms with Crippen LogP contribution in [-0.2, 0) is 4.79 Å². The highest BCUT2D eigenvalue weighted by Gasteiger charge is 2.35. The molecule has 0 bridgehead atoms. The lowest BCUT2D eigenvalue weighted by Crippen LogP contribution is -2.31. The van der Waals surface area contributed by atoms with Crippen molar-refractivity contribution in [2.75, 3.05) is 30.1 Å². The van der Waals surface area contributed by atoms with E-state index < -0.39 is 6.04 Å². The Morgan fingerprint density at radius 1 is 1.18 bits per heavy atom. The van der Waals surface area contributed by atoms with Crippen molar-refractivity contribution in [3.63, 3.8) is 0 Å². The van der Waals surface area contributed by atoms with Crippen LogP contribution < -0.4 is 20.1 Å². The van der Waals surface area contributed by atoms with Gasteiger partial charge in [0.15, 0.2) is 11.5 Å². The molecule has 9 heteroatoms. The number of carbonyl (C=O) groups excluding carboxylic acids is 1. The van der Waals surface area contributed by atoms with Crippen LogP contribution in [0.1, 0.15) is 37.9 Å². The fourth-order valence-corrected chi connectivity index (χ4v) is 4.51. The minimum absolute atomic E-state index is 0.206. The predicted octanol–water partition coefficient (Wildman–Crippen LogP) is 5.03. The number of thioether (sulfide) groups is 1. The van der Waals surface area contributed by atoms with Crippen LogP contribution in [-0.4, -0.2) is 40.1 Å². The van der Waals surface area contributed by atoms with E-state index in [0.717, 1.165) is 28.3 Å². The summed E-state index contributed by atoms with van der Waals surface area (Å²) in [5, 5.41) is 11.7. The highest BCUT2D eigenvalue weighted by Crippen LogP contribution is 2.39. The first-order valence-corrected chi connectivity index (χ1v) is 12.2. The summed E-state index contributed by atoms with van der Waals surface area (Å²) >= 11 is 1.55. The van der Waals surface area contributed by atoms with Gasteiger partial charge >= 0.3 is 0 Å². The molecule has 0 radical (unpaired) electrons. The van der Waals surface area contributed by atoms with Crippen LogP contribution >= 0.6 is 11.8 Å². The normalized spacial score (nSPS) is 14.9. The molecule has 4 rings (SSSR count). The summed E-state index contributed by atoms with van der Waals surface area (Å²) in [6.07, 6.45) is 0. The van der Waals surface area contributed by atoms with E-state index in [-0.39, 0.29) is 5.91 Å². The van der Waals surface area contributed by atoms with Crippen molar-refractivity contribution >= 4 is 29.3 Å². The van der Waals surface area contributed by atoms with Crippen molar-refractivity contribution < 1.29 is 14.3 Å². The number of aryl methyl sites for hydroxylation is 1. The molecule has 1 unspecified atom stereocenters. The second-order valence-corrected chi connectivity index (χ2v) is 9.01. The molecule has 8 nitrogen and oxygen atoms in total. The van der Waals surface area contributed by atoms with E-state index in [2.05, 4.69) is 22.5 Å². The molecule has 0 spiro atoms. The number of carbonyl (C=O) groups is 1. The van der Waals surface area contributed by atoms with Gasteiger partial charge in [-0.2, -0.15) is 4.98 Å². The summed E-state index contributed by atoms with van der Waals surface area (Å²) < 4.78 is 13.1. The molecule has 0 aliphatic carbocycles. The molecule has 3 aromatic rings. The maximum atomic E-state index is 13.6. The number of methoxy groups -OCH3 is 1. The second-order valence-electron chi connectivity index (χ2n) is 7.77. The van der Waals surface area contributed by atoms with E-state index in [1.165, 1.54) is 0 Å². The molecule has 1 aromatic heterocycles. The summed E-state index contributed by atoms with van der Waals surface area (Å²) in [4.78, 5) is 18.3. The lowest BCUT2D eigenvalue weighted by molar-refractivity contribution is -0.113. The Hall–Kier alpha value is -3.46. The number of benzene rings is 2. The quantitative estimate of drug-likeness (QED) is 0.438. The third-order valence-corrected chi connectivity index (χ3v) is 6.27. The Morgan fingerprint density at radius 3 is 2.68 bits per heavy atom. The highest BCUT2D eigenvalue weighted by atomic mass is 32.2. The standard InChI is InChI=1S/C25H29N5O3S/c1-6-33-19-13-12-17(14-20(19)32-5)22-21(23(31)27-18-11-9-8-10-15(18)3)16(4)26-24-28-25(34-7-2)29-30(22)24/h8-14,22H,6-7H2,1-5H3,(H,27,31)(H,26,28,29). The summed E-state index contributed by atoms with van der Waals surface area (Å²) in [5.74, 6) is 2.48. The smallest absolute Gasteiger partial charge is 0.255 e. The predicted molar refractivity (Wildman–Crippen MR) is 135 cm³/mol. The van der Waals surface area contributed by atoms with Crippen molar-refractivity contribution in [1.29, 1.82) is 0 Å². The second kappa shape index (κ2) is 10.2. The number of nitrogens with one attached hydrogen (secondary N) is 2. The fraction of sp³-hybridized carbons (Fsp3) is 0.320. The van der Waals surface area contributed by atoms with Crippen LogP contribution in [0.15, 0.2) is 58.9 Å². The number of aromatic nitrogens is 3. The van der Waals surface area contributed by atoms with Crippen LogP contribution in [0, 0.1) is 6.92 Å². The first-order chi connectivity index (χ1) is 16.5. The number of para-hydroxylation sites is 1. The lowest BCUT2D eigenvalue weighted by Gasteiger charge is -2.29. The van der Waals surface area contributed by atoms with Crippen LogP contribution in [0.25, 0.3) is 0 Å². The maximum Gasteiger partial charge on any atom is 0.255 e. The molecule has 178 valence electrons. The van der Waals surface area contributed by atoms with E-state index in [4.69, 9.17) is 14.6 Å². The zero-order chi connectivity index (χ0) is 24.2. The molecule has 1 amide bonds. The van der Waals surface area contributed by atoms with Gasteiger partial charge in [-0.1, -0.05) is 43.0 Å². The average molecular weight is 480 g/mol. The molecule has 34 heavy (non-hydrogen) atoms. The number of ether oxygens (including phenoxy) is 2. The van der Waals surface area contributed by atoms with Gasteiger partial charge in [-0.25, -0.2) is 4.68 Å². The highest BCUT2D eigenvalue weighted by molar-refractivity contribution is 7.99. The van der Waals surface area contributed by atoms with Gasteiger partial charge in [-0.15, -0.1) is 5.10 Å². The van der Waals surface area contributed by atoms with Crippen molar-refractivity contribution in [1.82, 2.24) is 14.8 Å². The summed E-state index contributed by atoms with van der Waals surface area (Å²) in [5.41, 5.74) is 3.87. The van der Waals surface area contributed by atoms with E-state index in [1.807, 2.05) is 63.2 Å². The molecular weight excluding hydrogens is 450 g/mol. The van der Waals surface area contributed by atoms with Crippen LogP contribution in [0.5, 0.6) is 11.5 Å². The fourth-order valence-electron chi connectivity index (χ4n) is 3.96. The Balaban J connectivity index is 1.81. The molecule has 2 heterocycles. The Bertz CT molecular complexity index is 1240. The monoisotopic (exact) mass is 479 g/mol. The van der Waals surface area contributed by atoms with Gasteiger partial charge < -0.3 is 20.1 Å². The number of allylic oxidation sites excluding steroid dienone is 1. The molecule has 2 aromatic carbocycles. The largest absolute Gasteiger partial charge is 0.493 e. The lowest BCUT2D eigenvalue weighted by atomic mass is 9.94. The van der Waals surface area contributed by atoms with Crippen molar-refractivity contribution in [3.05, 3.63) is 64.9 Å². The zero-order valence-corrected chi connectivity index (χ0v) is 20.8. The first kappa shape index (κ1) is 23.7. The van der Waals surface area contributed by atoms with E-state index in [1.54, 1.807) is 23.6 Å². The number of rotatable bonds is 8. The van der Waals surface area contributed by atoms with Crippen molar-refractivity contribution in [2.24, 2.45) is 0 Å². The number of anilines is 2. The van der Waals surface area contributed by atoms with Crippen LogP contribution in [0.3, 0.4) is 0 Å². The maximum absolute atomic E-state index is 13.6. The van der Waals surface area contributed by atoms with E-state index >= 15 is 0 Å².